The molecule has 2 aromatic heterocycles. The lowest BCUT2D eigenvalue weighted by molar-refractivity contribution is -0.121. The number of pyridine rings is 1. The van der Waals surface area contributed by atoms with Crippen molar-refractivity contribution in [2.24, 2.45) is 5.92 Å². The van der Waals surface area contributed by atoms with Gasteiger partial charge in [0, 0.05) is 26.2 Å². The third kappa shape index (κ3) is 4.39. The van der Waals surface area contributed by atoms with E-state index >= 15 is 0 Å². The molecule has 9 heteroatoms. The number of furan rings is 1. The average molecular weight is 397 g/mol. The third-order valence-corrected chi connectivity index (χ3v) is 5.19. The smallest absolute Gasteiger partial charge is 0.289 e. The van der Waals surface area contributed by atoms with Gasteiger partial charge in [0.2, 0.25) is 11.8 Å². The Kier molecular flexibility index (Phi) is 5.46. The number of hydrogen-bond acceptors (Lipinski definition) is 6. The molecular weight excluding hydrogens is 374 g/mol. The van der Waals surface area contributed by atoms with Gasteiger partial charge in [-0.15, -0.1) is 0 Å². The van der Waals surface area contributed by atoms with Crippen LogP contribution in [0.25, 0.3) is 0 Å². The molecule has 0 bridgehead atoms. The number of carbonyl (C=O) groups excluding carboxylic acids is 3. The van der Waals surface area contributed by atoms with Gasteiger partial charge in [0.1, 0.15) is 5.82 Å². The Labute approximate surface area is 168 Å². The monoisotopic (exact) mass is 397 g/mol. The van der Waals surface area contributed by atoms with Crippen molar-refractivity contribution < 1.29 is 18.8 Å². The molecule has 4 rings (SSSR count). The first-order valence-electron chi connectivity index (χ1n) is 9.71. The number of nitrogens with zero attached hydrogens (tertiary/aromatic N) is 3. The Balaban J connectivity index is 1.35. The first-order chi connectivity index (χ1) is 14.1. The fourth-order valence-electron chi connectivity index (χ4n) is 3.66. The molecule has 2 aliphatic rings. The summed E-state index contributed by atoms with van der Waals surface area (Å²) in [5.74, 6) is 0.357. The zero-order chi connectivity index (χ0) is 20.2. The van der Waals surface area contributed by atoms with Gasteiger partial charge in [0.05, 0.1) is 30.6 Å². The van der Waals surface area contributed by atoms with Gasteiger partial charge in [0.25, 0.3) is 5.91 Å². The summed E-state index contributed by atoms with van der Waals surface area (Å²) in [6, 6.07) is 6.88. The standard InChI is InChI=1S/C20H23N5O4/c26-18-13-24(9-7-21-18)17-6-5-15(11-22-17)23-19(27)14-3-1-8-25(12-14)20(28)16-4-2-10-29-16/h2,4-6,10-11,14H,1,3,7-9,12-13H2,(H,21,26)(H,23,27)/t14-/m1/s1. The van der Waals surface area contributed by atoms with Crippen molar-refractivity contribution in [2.45, 2.75) is 12.8 Å². The van der Waals surface area contributed by atoms with E-state index in [0.29, 0.717) is 37.7 Å². The molecule has 2 aliphatic heterocycles. The largest absolute Gasteiger partial charge is 0.459 e. The molecule has 4 heterocycles. The Morgan fingerprint density at radius 3 is 2.86 bits per heavy atom. The normalized spacial score (nSPS) is 19.6. The van der Waals surface area contributed by atoms with Gasteiger partial charge < -0.3 is 24.9 Å². The summed E-state index contributed by atoms with van der Waals surface area (Å²) in [5.41, 5.74) is 0.592. The number of likely N-dealkylation sites (tertiary alicyclic amines) is 1. The maximum absolute atomic E-state index is 12.7. The summed E-state index contributed by atoms with van der Waals surface area (Å²) in [7, 11) is 0. The molecule has 1 atom stereocenters. The van der Waals surface area contributed by atoms with Gasteiger partial charge in [-0.1, -0.05) is 0 Å². The third-order valence-electron chi connectivity index (χ3n) is 5.19. The molecule has 2 saturated heterocycles. The lowest BCUT2D eigenvalue weighted by Gasteiger charge is -2.31. The van der Waals surface area contributed by atoms with Crippen molar-refractivity contribution in [2.75, 3.05) is 42.9 Å². The molecule has 29 heavy (non-hydrogen) atoms. The van der Waals surface area contributed by atoms with Crippen molar-refractivity contribution in [3.63, 3.8) is 0 Å². The minimum Gasteiger partial charge on any atom is -0.459 e. The number of carbonyl (C=O) groups is 3. The van der Waals surface area contributed by atoms with Crippen LogP contribution in [0.1, 0.15) is 23.4 Å². The molecule has 0 saturated carbocycles. The van der Waals surface area contributed by atoms with E-state index in [0.717, 1.165) is 12.8 Å². The zero-order valence-corrected chi connectivity index (χ0v) is 16.0. The Hall–Kier alpha value is -3.36. The van der Waals surface area contributed by atoms with Crippen LogP contribution < -0.4 is 15.5 Å². The predicted molar refractivity (Wildman–Crippen MR) is 105 cm³/mol. The fourth-order valence-corrected chi connectivity index (χ4v) is 3.66. The zero-order valence-electron chi connectivity index (χ0n) is 16.0. The number of rotatable bonds is 4. The van der Waals surface area contributed by atoms with Crippen molar-refractivity contribution in [1.29, 1.82) is 0 Å². The fraction of sp³-hybridized carbons (Fsp3) is 0.400. The van der Waals surface area contributed by atoms with Crippen molar-refractivity contribution in [3.8, 4) is 0 Å². The van der Waals surface area contributed by atoms with Crippen LogP contribution in [0.3, 0.4) is 0 Å². The van der Waals surface area contributed by atoms with Gasteiger partial charge in [-0.05, 0) is 37.1 Å². The van der Waals surface area contributed by atoms with Gasteiger partial charge >= 0.3 is 0 Å². The van der Waals surface area contributed by atoms with Crippen molar-refractivity contribution >= 4 is 29.2 Å². The number of hydrogen-bond donors (Lipinski definition) is 2. The summed E-state index contributed by atoms with van der Waals surface area (Å²) in [5, 5.41) is 5.66. The topological polar surface area (TPSA) is 108 Å². The van der Waals surface area contributed by atoms with Crippen LogP contribution in [-0.4, -0.2) is 60.3 Å². The van der Waals surface area contributed by atoms with E-state index in [1.54, 1.807) is 35.4 Å². The lowest BCUT2D eigenvalue weighted by Crippen LogP contribution is -2.48. The Morgan fingerprint density at radius 2 is 2.14 bits per heavy atom. The number of anilines is 2. The van der Waals surface area contributed by atoms with E-state index in [9.17, 15) is 14.4 Å². The average Bonchev–Trinajstić information content (AvgIpc) is 3.29. The van der Waals surface area contributed by atoms with Crippen LogP contribution in [0, 0.1) is 5.92 Å². The number of nitrogens with one attached hydrogen (secondary N) is 2. The first kappa shape index (κ1) is 19.0. The molecule has 0 aliphatic carbocycles. The van der Waals surface area contributed by atoms with E-state index in [2.05, 4.69) is 15.6 Å². The Bertz CT molecular complexity index is 881. The van der Waals surface area contributed by atoms with E-state index in [1.807, 2.05) is 4.90 Å². The van der Waals surface area contributed by atoms with Crippen molar-refractivity contribution in [3.05, 3.63) is 42.5 Å². The second-order valence-electron chi connectivity index (χ2n) is 7.23. The number of piperazine rings is 1. The summed E-state index contributed by atoms with van der Waals surface area (Å²) in [6.07, 6.45) is 4.55. The highest BCUT2D eigenvalue weighted by Gasteiger charge is 2.30. The van der Waals surface area contributed by atoms with Crippen LogP contribution in [0.15, 0.2) is 41.1 Å². The first-order valence-corrected chi connectivity index (χ1v) is 9.71. The maximum atomic E-state index is 12.7. The van der Waals surface area contributed by atoms with Crippen LogP contribution in [-0.2, 0) is 9.59 Å². The van der Waals surface area contributed by atoms with Crippen LogP contribution in [0.5, 0.6) is 0 Å². The minimum absolute atomic E-state index is 0.0265. The number of aromatic nitrogens is 1. The second-order valence-corrected chi connectivity index (χ2v) is 7.23. The van der Waals surface area contributed by atoms with E-state index in [-0.39, 0.29) is 35.9 Å². The molecule has 0 radical (unpaired) electrons. The number of amides is 3. The van der Waals surface area contributed by atoms with Gasteiger partial charge in [-0.2, -0.15) is 0 Å². The number of piperidine rings is 1. The molecule has 3 amide bonds. The summed E-state index contributed by atoms with van der Waals surface area (Å²) in [4.78, 5) is 44.6. The summed E-state index contributed by atoms with van der Waals surface area (Å²) >= 11 is 0. The van der Waals surface area contributed by atoms with Crippen molar-refractivity contribution in [1.82, 2.24) is 15.2 Å². The molecule has 0 aromatic carbocycles. The summed E-state index contributed by atoms with van der Waals surface area (Å²) < 4.78 is 5.18. The van der Waals surface area contributed by atoms with Crippen LogP contribution >= 0.6 is 0 Å². The van der Waals surface area contributed by atoms with Crippen LogP contribution in [0.2, 0.25) is 0 Å². The molecule has 2 aromatic rings. The van der Waals surface area contributed by atoms with Gasteiger partial charge in [0.15, 0.2) is 5.76 Å². The molecule has 0 spiro atoms. The maximum Gasteiger partial charge on any atom is 0.289 e. The second kappa shape index (κ2) is 8.34. The minimum atomic E-state index is -0.284. The molecule has 152 valence electrons. The van der Waals surface area contributed by atoms with E-state index in [4.69, 9.17) is 4.42 Å². The molecule has 9 nitrogen and oxygen atoms in total. The molecule has 2 fully saturated rings. The highest BCUT2D eigenvalue weighted by Crippen LogP contribution is 2.21. The highest BCUT2D eigenvalue weighted by atomic mass is 16.3. The summed E-state index contributed by atoms with van der Waals surface area (Å²) in [6.45, 7) is 2.54. The molecule has 2 N–H and O–H groups in total. The predicted octanol–water partition coefficient (Wildman–Crippen LogP) is 1.10. The Morgan fingerprint density at radius 1 is 1.24 bits per heavy atom. The van der Waals surface area contributed by atoms with Gasteiger partial charge in [-0.25, -0.2) is 4.98 Å². The highest BCUT2D eigenvalue weighted by molar-refractivity contribution is 5.95. The lowest BCUT2D eigenvalue weighted by atomic mass is 9.97. The quantitative estimate of drug-likeness (QED) is 0.800. The SMILES string of the molecule is O=C1CN(c2ccc(NC(=O)[C@@H]3CCCN(C(=O)c4ccco4)C3)cn2)CCN1. The molecule has 0 unspecified atom stereocenters. The molecular formula is C20H23N5O4. The van der Waals surface area contributed by atoms with E-state index < -0.39 is 0 Å². The van der Waals surface area contributed by atoms with E-state index in [1.165, 1.54) is 6.26 Å². The van der Waals surface area contributed by atoms with Crippen LogP contribution in [0.4, 0.5) is 11.5 Å². The van der Waals surface area contributed by atoms with Gasteiger partial charge in [-0.3, -0.25) is 14.4 Å².